The highest BCUT2D eigenvalue weighted by Gasteiger charge is 2.14. The van der Waals surface area contributed by atoms with Crippen LogP contribution in [0.25, 0.3) is 22.4 Å². The number of rotatable bonds is 5. The Kier molecular flexibility index (Phi) is 5.88. The largest absolute Gasteiger partial charge is 0.350 e. The van der Waals surface area contributed by atoms with Gasteiger partial charge in [0.25, 0.3) is 0 Å². The number of hydrogen-bond acceptors (Lipinski definition) is 5. The van der Waals surface area contributed by atoms with Crippen LogP contribution in [0.5, 0.6) is 0 Å². The van der Waals surface area contributed by atoms with Gasteiger partial charge in [-0.05, 0) is 41.5 Å². The fourth-order valence-electron chi connectivity index (χ4n) is 2.78. The zero-order valence-corrected chi connectivity index (χ0v) is 17.0. The van der Waals surface area contributed by atoms with Crippen LogP contribution in [-0.4, -0.2) is 36.0 Å². The summed E-state index contributed by atoms with van der Waals surface area (Å²) in [5, 5.41) is 10.6. The van der Waals surface area contributed by atoms with E-state index in [2.05, 4.69) is 4.98 Å². The van der Waals surface area contributed by atoms with Gasteiger partial charge in [0, 0.05) is 28.6 Å². The van der Waals surface area contributed by atoms with Gasteiger partial charge in [0.1, 0.15) is 0 Å². The molecule has 1 aromatic heterocycles. The molecular formula is C20H18ClN3O4S. The highest BCUT2D eigenvalue weighted by Crippen LogP contribution is 2.32. The minimum atomic E-state index is -3.31. The van der Waals surface area contributed by atoms with Gasteiger partial charge in [0.05, 0.1) is 17.1 Å². The minimum Gasteiger partial charge on any atom is -0.350 e. The van der Waals surface area contributed by atoms with Crippen LogP contribution >= 0.6 is 11.6 Å². The molecule has 0 aliphatic rings. The number of hydrogen-bond donors (Lipinski definition) is 2. The number of halogens is 1. The van der Waals surface area contributed by atoms with E-state index >= 15 is 0 Å². The third kappa shape index (κ3) is 4.92. The number of sulfone groups is 1. The van der Waals surface area contributed by atoms with E-state index in [-0.39, 0.29) is 11.4 Å². The normalized spacial score (nSPS) is 11.3. The van der Waals surface area contributed by atoms with Gasteiger partial charge in [-0.15, -0.1) is 0 Å². The van der Waals surface area contributed by atoms with Crippen molar-refractivity contribution in [3.63, 3.8) is 0 Å². The molecule has 0 aliphatic carbocycles. The SMILES string of the molecule is CS(=O)(=O)c1ccc(-c2ncc(CN(O)C(N)=O)cc2-c2ccc(Cl)cc2)cc1. The van der Waals surface area contributed by atoms with Crippen LogP contribution in [0.15, 0.2) is 65.7 Å². The van der Waals surface area contributed by atoms with Crippen molar-refractivity contribution in [3.8, 4) is 22.4 Å². The van der Waals surface area contributed by atoms with E-state index in [0.29, 0.717) is 26.9 Å². The number of carbonyl (C=O) groups is 1. The Labute approximate surface area is 173 Å². The molecule has 0 spiro atoms. The van der Waals surface area contributed by atoms with Gasteiger partial charge < -0.3 is 5.73 Å². The van der Waals surface area contributed by atoms with Crippen LogP contribution in [-0.2, 0) is 16.4 Å². The molecule has 7 nitrogen and oxygen atoms in total. The number of aromatic nitrogens is 1. The van der Waals surface area contributed by atoms with Gasteiger partial charge in [-0.3, -0.25) is 10.2 Å². The summed E-state index contributed by atoms with van der Waals surface area (Å²) in [5.41, 5.74) is 8.50. The predicted molar refractivity (Wildman–Crippen MR) is 110 cm³/mol. The van der Waals surface area contributed by atoms with Gasteiger partial charge in [-0.1, -0.05) is 35.9 Å². The average Bonchev–Trinajstić information content (AvgIpc) is 2.68. The molecule has 0 fully saturated rings. The van der Waals surface area contributed by atoms with Crippen molar-refractivity contribution in [2.75, 3.05) is 6.26 Å². The summed E-state index contributed by atoms with van der Waals surface area (Å²) in [6.07, 6.45) is 2.67. The van der Waals surface area contributed by atoms with Gasteiger partial charge in [0.15, 0.2) is 9.84 Å². The lowest BCUT2D eigenvalue weighted by Gasteiger charge is -2.15. The molecule has 0 saturated carbocycles. The molecule has 0 radical (unpaired) electrons. The fraction of sp³-hybridized carbons (Fsp3) is 0.100. The Morgan fingerprint density at radius 1 is 1.10 bits per heavy atom. The zero-order valence-electron chi connectivity index (χ0n) is 15.4. The Bertz CT molecular complexity index is 1150. The number of amides is 2. The van der Waals surface area contributed by atoms with E-state index in [9.17, 15) is 18.4 Å². The van der Waals surface area contributed by atoms with Crippen molar-refractivity contribution in [1.29, 1.82) is 0 Å². The molecular weight excluding hydrogens is 414 g/mol. The molecule has 3 aromatic rings. The Morgan fingerprint density at radius 2 is 1.69 bits per heavy atom. The first-order valence-electron chi connectivity index (χ1n) is 8.46. The van der Waals surface area contributed by atoms with Crippen molar-refractivity contribution >= 4 is 27.5 Å². The fourth-order valence-corrected chi connectivity index (χ4v) is 3.54. The molecule has 3 rings (SSSR count). The van der Waals surface area contributed by atoms with E-state index in [4.69, 9.17) is 17.3 Å². The molecule has 9 heteroatoms. The maximum Gasteiger partial charge on any atom is 0.338 e. The number of pyridine rings is 1. The summed E-state index contributed by atoms with van der Waals surface area (Å²) < 4.78 is 23.4. The van der Waals surface area contributed by atoms with E-state index in [1.807, 2.05) is 12.1 Å². The molecule has 3 N–H and O–H groups in total. The quantitative estimate of drug-likeness (QED) is 0.471. The van der Waals surface area contributed by atoms with Crippen LogP contribution < -0.4 is 5.73 Å². The van der Waals surface area contributed by atoms with Crippen LogP contribution in [0.3, 0.4) is 0 Å². The minimum absolute atomic E-state index is 0.129. The van der Waals surface area contributed by atoms with Crippen LogP contribution in [0.4, 0.5) is 4.79 Å². The number of urea groups is 1. The number of nitrogens with two attached hydrogens (primary N) is 1. The summed E-state index contributed by atoms with van der Waals surface area (Å²) in [7, 11) is -3.31. The lowest BCUT2D eigenvalue weighted by Crippen LogP contribution is -2.32. The van der Waals surface area contributed by atoms with E-state index in [1.54, 1.807) is 30.3 Å². The first-order chi connectivity index (χ1) is 13.6. The van der Waals surface area contributed by atoms with Gasteiger partial charge in [-0.2, -0.15) is 0 Å². The zero-order chi connectivity index (χ0) is 21.2. The van der Waals surface area contributed by atoms with Gasteiger partial charge in [0.2, 0.25) is 0 Å². The highest BCUT2D eigenvalue weighted by atomic mass is 35.5. The van der Waals surface area contributed by atoms with Gasteiger partial charge in [-0.25, -0.2) is 18.3 Å². The predicted octanol–water partition coefficient (Wildman–Crippen LogP) is 3.74. The van der Waals surface area contributed by atoms with Crippen molar-refractivity contribution in [2.24, 2.45) is 5.73 Å². The molecule has 0 bridgehead atoms. The summed E-state index contributed by atoms with van der Waals surface area (Å²) in [6.45, 7) is -0.129. The molecule has 0 saturated heterocycles. The summed E-state index contributed by atoms with van der Waals surface area (Å²) in [4.78, 5) is 15.8. The maximum absolute atomic E-state index is 11.7. The molecule has 0 aliphatic heterocycles. The number of carbonyl (C=O) groups excluding carboxylic acids is 1. The molecule has 0 atom stereocenters. The van der Waals surface area contributed by atoms with Crippen molar-refractivity contribution in [2.45, 2.75) is 11.4 Å². The first kappa shape index (κ1) is 20.8. The first-order valence-corrected chi connectivity index (χ1v) is 10.7. The van der Waals surface area contributed by atoms with Crippen LogP contribution in [0.1, 0.15) is 5.56 Å². The van der Waals surface area contributed by atoms with Gasteiger partial charge >= 0.3 is 6.03 Å². The Balaban J connectivity index is 2.10. The third-order valence-corrected chi connectivity index (χ3v) is 5.62. The maximum atomic E-state index is 11.7. The number of primary amides is 1. The second-order valence-electron chi connectivity index (χ2n) is 6.44. The summed E-state index contributed by atoms with van der Waals surface area (Å²) >= 11 is 5.99. The Hall–Kier alpha value is -2.94. The van der Waals surface area contributed by atoms with Crippen LogP contribution in [0.2, 0.25) is 5.02 Å². The monoisotopic (exact) mass is 431 g/mol. The summed E-state index contributed by atoms with van der Waals surface area (Å²) in [5.74, 6) is 0. The molecule has 29 heavy (non-hydrogen) atoms. The standard InChI is InChI=1S/C20H18ClN3O4S/c1-29(27,28)17-8-4-15(5-9-17)19-18(14-2-6-16(21)7-3-14)10-13(11-23-19)12-24(26)20(22)25/h2-11,26H,12H2,1H3,(H2,22,25). The molecule has 2 amide bonds. The molecule has 150 valence electrons. The van der Waals surface area contributed by atoms with Crippen molar-refractivity contribution < 1.29 is 18.4 Å². The van der Waals surface area contributed by atoms with Crippen molar-refractivity contribution in [1.82, 2.24) is 10.0 Å². The topological polar surface area (TPSA) is 114 Å². The third-order valence-electron chi connectivity index (χ3n) is 4.24. The van der Waals surface area contributed by atoms with E-state index in [1.165, 1.54) is 18.3 Å². The molecule has 2 aromatic carbocycles. The van der Waals surface area contributed by atoms with E-state index in [0.717, 1.165) is 17.4 Å². The lowest BCUT2D eigenvalue weighted by atomic mass is 9.98. The average molecular weight is 432 g/mol. The smallest absolute Gasteiger partial charge is 0.338 e. The number of hydroxylamine groups is 2. The van der Waals surface area contributed by atoms with Crippen molar-refractivity contribution in [3.05, 3.63) is 71.4 Å². The number of benzene rings is 2. The second-order valence-corrected chi connectivity index (χ2v) is 8.89. The number of nitrogens with zero attached hydrogens (tertiary/aromatic N) is 2. The molecule has 0 unspecified atom stereocenters. The Morgan fingerprint density at radius 3 is 2.24 bits per heavy atom. The molecule has 1 heterocycles. The lowest BCUT2D eigenvalue weighted by molar-refractivity contribution is -0.0471. The summed E-state index contributed by atoms with van der Waals surface area (Å²) in [6, 6.07) is 14.3. The highest BCUT2D eigenvalue weighted by molar-refractivity contribution is 7.90. The second kappa shape index (κ2) is 8.20. The van der Waals surface area contributed by atoms with E-state index < -0.39 is 15.9 Å². The van der Waals surface area contributed by atoms with Crippen LogP contribution in [0, 0.1) is 0 Å².